The van der Waals surface area contributed by atoms with E-state index in [9.17, 15) is 4.79 Å². The third-order valence-electron chi connectivity index (χ3n) is 3.24. The first-order valence-corrected chi connectivity index (χ1v) is 6.34. The van der Waals surface area contributed by atoms with E-state index in [-0.39, 0.29) is 11.7 Å². The molecule has 1 N–H and O–H groups in total. The maximum Gasteiger partial charge on any atom is 0.167 e. The van der Waals surface area contributed by atoms with Gasteiger partial charge in [-0.2, -0.15) is 0 Å². The fourth-order valence-electron chi connectivity index (χ4n) is 2.10. The maximum absolute atomic E-state index is 12.4. The summed E-state index contributed by atoms with van der Waals surface area (Å²) in [5.41, 5.74) is 1.76. The van der Waals surface area contributed by atoms with Crippen molar-refractivity contribution in [2.75, 3.05) is 20.7 Å². The van der Waals surface area contributed by atoms with E-state index in [2.05, 4.69) is 19.2 Å². The number of ether oxygens (including phenoxy) is 1. The molecule has 1 rings (SSSR count). The Bertz CT molecular complexity index is 413. The molecule has 1 aromatic rings. The van der Waals surface area contributed by atoms with Crippen LogP contribution < -0.4 is 10.1 Å². The lowest BCUT2D eigenvalue weighted by Crippen LogP contribution is -2.30. The van der Waals surface area contributed by atoms with Gasteiger partial charge in [-0.05, 0) is 43.7 Å². The van der Waals surface area contributed by atoms with Crippen LogP contribution in [0.3, 0.4) is 0 Å². The van der Waals surface area contributed by atoms with Gasteiger partial charge in [0.2, 0.25) is 0 Å². The first kappa shape index (κ1) is 14.7. The predicted octanol–water partition coefficient (Wildman–Crippen LogP) is 2.68. The summed E-state index contributed by atoms with van der Waals surface area (Å²) in [5.74, 6) is 1.36. The molecule has 0 aliphatic carbocycles. The minimum absolute atomic E-state index is 0.0165. The summed E-state index contributed by atoms with van der Waals surface area (Å²) in [7, 11) is 3.52. The lowest BCUT2D eigenvalue weighted by Gasteiger charge is -2.19. The molecular weight excluding hydrogens is 226 g/mol. The Hall–Kier alpha value is -1.35. The number of ketones is 1. The smallest absolute Gasteiger partial charge is 0.167 e. The van der Waals surface area contributed by atoms with Crippen LogP contribution in [0.1, 0.15) is 29.8 Å². The SMILES string of the molecule is CNCC(C(=O)c1ccc(OC)c(C)c1)C(C)C. The molecule has 0 bridgehead atoms. The van der Waals surface area contributed by atoms with E-state index in [0.717, 1.165) is 16.9 Å². The van der Waals surface area contributed by atoms with Crippen molar-refractivity contribution in [1.29, 1.82) is 0 Å². The molecule has 1 unspecified atom stereocenters. The number of nitrogens with one attached hydrogen (secondary N) is 1. The Labute approximate surface area is 110 Å². The number of Topliss-reactive ketones (excluding diaryl/α,β-unsaturated/α-hetero) is 1. The highest BCUT2D eigenvalue weighted by Gasteiger charge is 2.23. The summed E-state index contributed by atoms with van der Waals surface area (Å²) < 4.78 is 5.21. The highest BCUT2D eigenvalue weighted by atomic mass is 16.5. The van der Waals surface area contributed by atoms with Crippen molar-refractivity contribution in [3.63, 3.8) is 0 Å². The molecule has 0 heterocycles. The molecule has 0 spiro atoms. The van der Waals surface area contributed by atoms with Crippen LogP contribution in [0.4, 0.5) is 0 Å². The van der Waals surface area contributed by atoms with Crippen molar-refractivity contribution in [2.24, 2.45) is 11.8 Å². The normalized spacial score (nSPS) is 12.6. The van der Waals surface area contributed by atoms with Crippen LogP contribution in [0.15, 0.2) is 18.2 Å². The fourth-order valence-corrected chi connectivity index (χ4v) is 2.10. The zero-order valence-corrected chi connectivity index (χ0v) is 11.9. The number of carbonyl (C=O) groups is 1. The Morgan fingerprint density at radius 3 is 2.50 bits per heavy atom. The van der Waals surface area contributed by atoms with Gasteiger partial charge < -0.3 is 10.1 Å². The summed E-state index contributed by atoms with van der Waals surface area (Å²) in [6.07, 6.45) is 0. The molecule has 1 aromatic carbocycles. The van der Waals surface area contributed by atoms with Crippen LogP contribution in [0.2, 0.25) is 0 Å². The molecule has 0 aromatic heterocycles. The lowest BCUT2D eigenvalue weighted by molar-refractivity contribution is 0.0886. The first-order chi connectivity index (χ1) is 8.51. The van der Waals surface area contributed by atoms with Crippen molar-refractivity contribution < 1.29 is 9.53 Å². The molecule has 3 nitrogen and oxygen atoms in total. The second kappa shape index (κ2) is 6.55. The summed E-state index contributed by atoms with van der Waals surface area (Å²) >= 11 is 0. The third kappa shape index (κ3) is 3.33. The number of rotatable bonds is 6. The summed E-state index contributed by atoms with van der Waals surface area (Å²) in [6, 6.07) is 5.62. The molecule has 1 atom stereocenters. The molecule has 0 aliphatic heterocycles. The van der Waals surface area contributed by atoms with E-state index in [1.54, 1.807) is 7.11 Å². The van der Waals surface area contributed by atoms with Crippen LogP contribution in [0.5, 0.6) is 5.75 Å². The van der Waals surface area contributed by atoms with E-state index in [0.29, 0.717) is 12.5 Å². The Morgan fingerprint density at radius 1 is 1.39 bits per heavy atom. The first-order valence-electron chi connectivity index (χ1n) is 6.34. The fraction of sp³-hybridized carbons (Fsp3) is 0.533. The lowest BCUT2D eigenvalue weighted by atomic mass is 9.87. The highest BCUT2D eigenvalue weighted by Crippen LogP contribution is 2.22. The van der Waals surface area contributed by atoms with E-state index in [1.165, 1.54) is 0 Å². The Morgan fingerprint density at radius 2 is 2.06 bits per heavy atom. The monoisotopic (exact) mass is 249 g/mol. The molecule has 0 aliphatic rings. The van der Waals surface area contributed by atoms with Gasteiger partial charge in [0.15, 0.2) is 5.78 Å². The van der Waals surface area contributed by atoms with Gasteiger partial charge in [0.1, 0.15) is 5.75 Å². The minimum Gasteiger partial charge on any atom is -0.496 e. The molecular formula is C15H23NO2. The molecule has 3 heteroatoms. The van der Waals surface area contributed by atoms with E-state index in [1.807, 2.05) is 32.2 Å². The van der Waals surface area contributed by atoms with Crippen molar-refractivity contribution in [3.05, 3.63) is 29.3 Å². The molecule has 0 saturated carbocycles. The van der Waals surface area contributed by atoms with Crippen LogP contribution in [-0.4, -0.2) is 26.5 Å². The van der Waals surface area contributed by atoms with Crippen LogP contribution in [0, 0.1) is 18.8 Å². The van der Waals surface area contributed by atoms with Crippen LogP contribution >= 0.6 is 0 Å². The van der Waals surface area contributed by atoms with E-state index in [4.69, 9.17) is 4.74 Å². The standard InChI is InChI=1S/C15H23NO2/c1-10(2)13(9-16-4)15(17)12-6-7-14(18-5)11(3)8-12/h6-8,10,13,16H,9H2,1-5H3. The Kier molecular flexibility index (Phi) is 5.35. The molecule has 100 valence electrons. The van der Waals surface area contributed by atoms with Crippen molar-refractivity contribution >= 4 is 5.78 Å². The van der Waals surface area contributed by atoms with Crippen LogP contribution in [-0.2, 0) is 0 Å². The number of hydrogen-bond acceptors (Lipinski definition) is 3. The molecule has 0 saturated heterocycles. The Balaban J connectivity index is 2.98. The molecule has 0 radical (unpaired) electrons. The van der Waals surface area contributed by atoms with Crippen molar-refractivity contribution in [2.45, 2.75) is 20.8 Å². The van der Waals surface area contributed by atoms with Gasteiger partial charge in [-0.15, -0.1) is 0 Å². The molecule has 0 amide bonds. The predicted molar refractivity (Wildman–Crippen MR) is 74.3 cm³/mol. The minimum atomic E-state index is 0.0165. The zero-order chi connectivity index (χ0) is 13.7. The highest BCUT2D eigenvalue weighted by molar-refractivity contribution is 5.98. The summed E-state index contributed by atoms with van der Waals surface area (Å²) in [6.45, 7) is 6.83. The number of benzene rings is 1. The van der Waals surface area contributed by atoms with Gasteiger partial charge in [-0.1, -0.05) is 13.8 Å². The van der Waals surface area contributed by atoms with E-state index < -0.39 is 0 Å². The van der Waals surface area contributed by atoms with Gasteiger partial charge in [0, 0.05) is 18.0 Å². The average Bonchev–Trinajstić information content (AvgIpc) is 2.34. The second-order valence-electron chi connectivity index (χ2n) is 4.96. The summed E-state index contributed by atoms with van der Waals surface area (Å²) in [4.78, 5) is 12.4. The summed E-state index contributed by atoms with van der Waals surface area (Å²) in [5, 5.41) is 3.09. The van der Waals surface area contributed by atoms with Gasteiger partial charge in [-0.25, -0.2) is 0 Å². The number of carbonyl (C=O) groups excluding carboxylic acids is 1. The zero-order valence-electron chi connectivity index (χ0n) is 11.9. The van der Waals surface area contributed by atoms with Crippen molar-refractivity contribution in [3.8, 4) is 5.75 Å². The van der Waals surface area contributed by atoms with Gasteiger partial charge in [0.25, 0.3) is 0 Å². The van der Waals surface area contributed by atoms with Crippen molar-refractivity contribution in [1.82, 2.24) is 5.32 Å². The van der Waals surface area contributed by atoms with Gasteiger partial charge in [-0.3, -0.25) is 4.79 Å². The number of methoxy groups -OCH3 is 1. The quantitative estimate of drug-likeness (QED) is 0.788. The average molecular weight is 249 g/mol. The number of hydrogen-bond donors (Lipinski definition) is 1. The molecule has 18 heavy (non-hydrogen) atoms. The largest absolute Gasteiger partial charge is 0.496 e. The van der Waals surface area contributed by atoms with Gasteiger partial charge >= 0.3 is 0 Å². The third-order valence-corrected chi connectivity index (χ3v) is 3.24. The maximum atomic E-state index is 12.4. The second-order valence-corrected chi connectivity index (χ2v) is 4.96. The molecule has 0 fully saturated rings. The van der Waals surface area contributed by atoms with Gasteiger partial charge in [0.05, 0.1) is 7.11 Å². The topological polar surface area (TPSA) is 38.3 Å². The van der Waals surface area contributed by atoms with Crippen LogP contribution in [0.25, 0.3) is 0 Å². The number of aryl methyl sites for hydroxylation is 1. The van der Waals surface area contributed by atoms with E-state index >= 15 is 0 Å².